The molecule has 0 spiro atoms. The van der Waals surface area contributed by atoms with E-state index in [9.17, 15) is 9.59 Å². The number of fused-ring (bicyclic) bond motifs is 2. The third-order valence-electron chi connectivity index (χ3n) is 7.16. The van der Waals surface area contributed by atoms with Crippen LogP contribution in [0.3, 0.4) is 0 Å². The molecule has 7 N–H and O–H groups in total. The van der Waals surface area contributed by atoms with Gasteiger partial charge in [0.15, 0.2) is 0 Å². The van der Waals surface area contributed by atoms with E-state index < -0.39 is 12.1 Å². The number of rotatable bonds is 15. The first kappa shape index (κ1) is 29.2. The minimum atomic E-state index is -0.712. The van der Waals surface area contributed by atoms with E-state index in [0.29, 0.717) is 45.4 Å². The predicted molar refractivity (Wildman–Crippen MR) is 164 cm³/mol. The maximum atomic E-state index is 13.7. The second-order valence-electron chi connectivity index (χ2n) is 10.3. The standard InChI is InChI=1S/C33H41N5O2/c34-16-5-6-18-36-30(22-24-12-14-26-8-1-3-10-28(26)20-24)33(40)38-31(32(39)37-19-7-17-35)23-25-13-15-27-9-2-4-11-29(27)21-25/h1-4,8-15,20-21,30-31,36H,5-7,16-19,22-23,34-35H2,(H,37,39)(H,38,40). The highest BCUT2D eigenvalue weighted by atomic mass is 16.2. The molecule has 2 amide bonds. The molecule has 40 heavy (non-hydrogen) atoms. The van der Waals surface area contributed by atoms with Crippen molar-refractivity contribution in [3.63, 3.8) is 0 Å². The van der Waals surface area contributed by atoms with E-state index in [1.165, 1.54) is 0 Å². The summed E-state index contributed by atoms with van der Waals surface area (Å²) >= 11 is 0. The largest absolute Gasteiger partial charge is 0.354 e. The molecule has 4 rings (SSSR count). The summed E-state index contributed by atoms with van der Waals surface area (Å²) in [7, 11) is 0. The van der Waals surface area contributed by atoms with E-state index in [0.717, 1.165) is 45.5 Å². The number of unbranched alkanes of at least 4 members (excludes halogenated alkanes) is 1. The summed E-state index contributed by atoms with van der Waals surface area (Å²) in [6, 6.07) is 27.5. The fraction of sp³-hybridized carbons (Fsp3) is 0.333. The van der Waals surface area contributed by atoms with Crippen molar-refractivity contribution >= 4 is 33.4 Å². The van der Waals surface area contributed by atoms with Gasteiger partial charge in [0.25, 0.3) is 0 Å². The molecule has 210 valence electrons. The third-order valence-corrected chi connectivity index (χ3v) is 7.16. The number of nitrogens with one attached hydrogen (secondary N) is 3. The van der Waals surface area contributed by atoms with Crippen molar-refractivity contribution in [3.05, 3.63) is 96.1 Å². The van der Waals surface area contributed by atoms with Gasteiger partial charge in [0.1, 0.15) is 6.04 Å². The fourth-order valence-corrected chi connectivity index (χ4v) is 4.92. The Bertz CT molecular complexity index is 1410. The van der Waals surface area contributed by atoms with E-state index in [4.69, 9.17) is 11.5 Å². The second-order valence-corrected chi connectivity index (χ2v) is 10.3. The molecule has 2 atom stereocenters. The van der Waals surface area contributed by atoms with Gasteiger partial charge >= 0.3 is 0 Å². The van der Waals surface area contributed by atoms with Crippen molar-refractivity contribution in [2.75, 3.05) is 26.2 Å². The summed E-state index contributed by atoms with van der Waals surface area (Å²) in [6.07, 6.45) is 3.33. The monoisotopic (exact) mass is 539 g/mol. The Hall–Kier alpha value is -3.78. The topological polar surface area (TPSA) is 122 Å². The van der Waals surface area contributed by atoms with Crippen LogP contribution in [-0.2, 0) is 22.4 Å². The van der Waals surface area contributed by atoms with Crippen LogP contribution >= 0.6 is 0 Å². The molecule has 0 heterocycles. The van der Waals surface area contributed by atoms with Crippen LogP contribution in [0.1, 0.15) is 30.4 Å². The number of amides is 2. The lowest BCUT2D eigenvalue weighted by molar-refractivity contribution is -0.130. The summed E-state index contributed by atoms with van der Waals surface area (Å²) in [5.41, 5.74) is 13.4. The third kappa shape index (κ3) is 8.36. The molecule has 0 bridgehead atoms. The minimum Gasteiger partial charge on any atom is -0.354 e. The number of hydrogen-bond donors (Lipinski definition) is 5. The molecule has 0 aromatic heterocycles. The first-order valence-corrected chi connectivity index (χ1v) is 14.2. The van der Waals surface area contributed by atoms with Gasteiger partial charge in [-0.05, 0) is 78.0 Å². The van der Waals surface area contributed by atoms with Crippen molar-refractivity contribution in [1.29, 1.82) is 0 Å². The summed E-state index contributed by atoms with van der Waals surface area (Å²) in [6.45, 7) is 2.24. The lowest BCUT2D eigenvalue weighted by Crippen LogP contribution is -2.54. The Labute approximate surface area is 236 Å². The molecule has 0 radical (unpaired) electrons. The molecule has 7 nitrogen and oxygen atoms in total. The summed E-state index contributed by atoms with van der Waals surface area (Å²) in [5, 5.41) is 14.0. The van der Waals surface area contributed by atoms with Crippen LogP contribution in [0.15, 0.2) is 84.9 Å². The zero-order valence-electron chi connectivity index (χ0n) is 23.1. The van der Waals surface area contributed by atoms with Gasteiger partial charge in [-0.25, -0.2) is 0 Å². The lowest BCUT2D eigenvalue weighted by Gasteiger charge is -2.24. The number of carbonyl (C=O) groups excluding carboxylic acids is 2. The number of benzene rings is 4. The summed E-state index contributed by atoms with van der Waals surface area (Å²) in [5.74, 6) is -0.400. The predicted octanol–water partition coefficient (Wildman–Crippen LogP) is 3.43. The van der Waals surface area contributed by atoms with Crippen LogP contribution in [0.2, 0.25) is 0 Å². The van der Waals surface area contributed by atoms with Crippen molar-refractivity contribution in [1.82, 2.24) is 16.0 Å². The van der Waals surface area contributed by atoms with E-state index in [1.807, 2.05) is 30.3 Å². The highest BCUT2D eigenvalue weighted by Crippen LogP contribution is 2.18. The van der Waals surface area contributed by atoms with E-state index >= 15 is 0 Å². The van der Waals surface area contributed by atoms with E-state index in [1.54, 1.807) is 0 Å². The smallest absolute Gasteiger partial charge is 0.242 e. The maximum absolute atomic E-state index is 13.7. The highest BCUT2D eigenvalue weighted by Gasteiger charge is 2.26. The highest BCUT2D eigenvalue weighted by molar-refractivity contribution is 5.91. The Kier molecular flexibility index (Phi) is 11.0. The molecule has 0 saturated carbocycles. The number of nitrogens with two attached hydrogens (primary N) is 2. The average molecular weight is 540 g/mol. The first-order valence-electron chi connectivity index (χ1n) is 14.2. The van der Waals surface area contributed by atoms with Crippen LogP contribution < -0.4 is 27.4 Å². The average Bonchev–Trinajstić information content (AvgIpc) is 2.98. The first-order chi connectivity index (χ1) is 19.6. The van der Waals surface area contributed by atoms with Crippen molar-refractivity contribution < 1.29 is 9.59 Å². The maximum Gasteiger partial charge on any atom is 0.242 e. The van der Waals surface area contributed by atoms with Crippen molar-refractivity contribution in [2.24, 2.45) is 11.5 Å². The van der Waals surface area contributed by atoms with Crippen LogP contribution in [0.4, 0.5) is 0 Å². The van der Waals surface area contributed by atoms with Crippen LogP contribution in [0.25, 0.3) is 21.5 Å². The molecular weight excluding hydrogens is 498 g/mol. The van der Waals surface area contributed by atoms with Gasteiger partial charge in [0, 0.05) is 13.0 Å². The lowest BCUT2D eigenvalue weighted by atomic mass is 9.99. The minimum absolute atomic E-state index is 0.194. The molecule has 0 aliphatic heterocycles. The SMILES string of the molecule is NCCCCNC(Cc1ccc2ccccc2c1)C(=O)NC(Cc1ccc2ccccc2c1)C(=O)NCCCN. The molecule has 0 saturated heterocycles. The summed E-state index contributed by atoms with van der Waals surface area (Å²) in [4.78, 5) is 27.0. The normalized spacial score (nSPS) is 12.8. The Morgan fingerprint density at radius 3 is 1.73 bits per heavy atom. The van der Waals surface area contributed by atoms with Gasteiger partial charge < -0.3 is 27.4 Å². The molecule has 0 aliphatic rings. The van der Waals surface area contributed by atoms with Crippen molar-refractivity contribution in [3.8, 4) is 0 Å². The van der Waals surface area contributed by atoms with Gasteiger partial charge in [0.2, 0.25) is 11.8 Å². The zero-order valence-corrected chi connectivity index (χ0v) is 23.1. The molecule has 0 fully saturated rings. The van der Waals surface area contributed by atoms with E-state index in [2.05, 4.69) is 70.5 Å². The van der Waals surface area contributed by atoms with Crippen molar-refractivity contribution in [2.45, 2.75) is 44.2 Å². The molecule has 2 unspecified atom stereocenters. The van der Waals surface area contributed by atoms with Gasteiger partial charge in [-0.2, -0.15) is 0 Å². The number of carbonyl (C=O) groups is 2. The molecular formula is C33H41N5O2. The van der Waals surface area contributed by atoms with Gasteiger partial charge in [0.05, 0.1) is 6.04 Å². The molecule has 0 aliphatic carbocycles. The van der Waals surface area contributed by atoms with Gasteiger partial charge in [-0.3, -0.25) is 9.59 Å². The zero-order chi connectivity index (χ0) is 28.2. The van der Waals surface area contributed by atoms with Crippen LogP contribution in [-0.4, -0.2) is 50.1 Å². The second kappa shape index (κ2) is 15.1. The fourth-order valence-electron chi connectivity index (χ4n) is 4.92. The molecule has 4 aromatic rings. The van der Waals surface area contributed by atoms with Gasteiger partial charge in [-0.15, -0.1) is 0 Å². The number of hydrogen-bond acceptors (Lipinski definition) is 5. The Morgan fingerprint density at radius 2 is 1.15 bits per heavy atom. The Balaban J connectivity index is 1.53. The quantitative estimate of drug-likeness (QED) is 0.148. The van der Waals surface area contributed by atoms with Gasteiger partial charge in [-0.1, -0.05) is 84.9 Å². The molecule has 7 heteroatoms. The Morgan fingerprint density at radius 1 is 0.600 bits per heavy atom. The van der Waals surface area contributed by atoms with E-state index in [-0.39, 0.29) is 11.8 Å². The van der Waals surface area contributed by atoms with Crippen LogP contribution in [0.5, 0.6) is 0 Å². The molecule has 4 aromatic carbocycles. The van der Waals surface area contributed by atoms with Crippen LogP contribution in [0, 0.1) is 0 Å². The summed E-state index contributed by atoms with van der Waals surface area (Å²) < 4.78 is 0.